The van der Waals surface area contributed by atoms with Crippen molar-refractivity contribution in [2.45, 2.75) is 25.9 Å². The summed E-state index contributed by atoms with van der Waals surface area (Å²) in [6.07, 6.45) is 1.21. The molecule has 1 aromatic carbocycles. The predicted octanol–water partition coefficient (Wildman–Crippen LogP) is 1.12. The quantitative estimate of drug-likeness (QED) is 0.902. The Hall–Kier alpha value is -2.85. The van der Waals surface area contributed by atoms with Crippen LogP contribution in [0.3, 0.4) is 0 Å². The molecule has 2 aromatic rings. The molecular formula is C16H13ClN4O3. The van der Waals surface area contributed by atoms with Gasteiger partial charge in [0.05, 0.1) is 10.7 Å². The second-order valence-corrected chi connectivity index (χ2v) is 5.80. The van der Waals surface area contributed by atoms with E-state index in [0.29, 0.717) is 35.8 Å². The summed E-state index contributed by atoms with van der Waals surface area (Å²) in [5.74, 6) is -0.565. The number of nitrogens with zero attached hydrogens (tertiary/aromatic N) is 3. The Kier molecular flexibility index (Phi) is 4.23. The summed E-state index contributed by atoms with van der Waals surface area (Å²) in [5.41, 5.74) is -0.530. The van der Waals surface area contributed by atoms with Gasteiger partial charge in [-0.05, 0) is 25.0 Å². The maximum absolute atomic E-state index is 12.4. The first-order valence-corrected chi connectivity index (χ1v) is 7.71. The molecule has 0 radical (unpaired) electrons. The van der Waals surface area contributed by atoms with E-state index in [0.717, 1.165) is 4.57 Å². The highest BCUT2D eigenvalue weighted by atomic mass is 35.5. The van der Waals surface area contributed by atoms with Gasteiger partial charge in [-0.25, -0.2) is 9.36 Å². The number of hydrogen-bond donors (Lipinski definition) is 1. The molecule has 7 nitrogen and oxygen atoms in total. The Morgan fingerprint density at radius 2 is 2.08 bits per heavy atom. The zero-order chi connectivity index (χ0) is 17.3. The average Bonchev–Trinajstić information content (AvgIpc) is 3.04. The second kappa shape index (κ2) is 6.34. The molecule has 24 heavy (non-hydrogen) atoms. The van der Waals surface area contributed by atoms with Crippen molar-refractivity contribution in [3.63, 3.8) is 0 Å². The van der Waals surface area contributed by atoms with E-state index in [4.69, 9.17) is 11.6 Å². The Balaban J connectivity index is 1.95. The molecule has 0 bridgehead atoms. The van der Waals surface area contributed by atoms with E-state index in [1.165, 1.54) is 4.57 Å². The lowest BCUT2D eigenvalue weighted by atomic mass is 10.2. The van der Waals surface area contributed by atoms with Gasteiger partial charge >= 0.3 is 5.69 Å². The number of rotatable bonds is 3. The van der Waals surface area contributed by atoms with Crippen molar-refractivity contribution in [1.29, 1.82) is 5.26 Å². The van der Waals surface area contributed by atoms with Gasteiger partial charge in [0.15, 0.2) is 0 Å². The molecule has 1 aliphatic heterocycles. The highest BCUT2D eigenvalue weighted by Crippen LogP contribution is 2.20. The van der Waals surface area contributed by atoms with Gasteiger partial charge in [-0.2, -0.15) is 5.26 Å². The van der Waals surface area contributed by atoms with Gasteiger partial charge in [0.25, 0.3) is 5.56 Å². The van der Waals surface area contributed by atoms with Gasteiger partial charge in [-0.3, -0.25) is 14.2 Å². The third-order valence-corrected chi connectivity index (χ3v) is 4.22. The summed E-state index contributed by atoms with van der Waals surface area (Å²) in [6.45, 7) is -0.0346. The van der Waals surface area contributed by atoms with Crippen LogP contribution in [0.1, 0.15) is 17.7 Å². The van der Waals surface area contributed by atoms with Crippen molar-refractivity contribution in [1.82, 2.24) is 9.13 Å². The minimum Gasteiger partial charge on any atom is -0.323 e. The Morgan fingerprint density at radius 3 is 2.79 bits per heavy atom. The normalized spacial score (nSPS) is 12.5. The number of aromatic nitrogens is 2. The van der Waals surface area contributed by atoms with E-state index in [9.17, 15) is 19.6 Å². The summed E-state index contributed by atoms with van der Waals surface area (Å²) in [5, 5.41) is 12.1. The smallest absolute Gasteiger partial charge is 0.323 e. The lowest BCUT2D eigenvalue weighted by molar-refractivity contribution is -0.116. The Bertz CT molecular complexity index is 984. The summed E-state index contributed by atoms with van der Waals surface area (Å²) >= 11 is 5.97. The van der Waals surface area contributed by atoms with Gasteiger partial charge < -0.3 is 5.32 Å². The summed E-state index contributed by atoms with van der Waals surface area (Å²) in [4.78, 5) is 36.9. The van der Waals surface area contributed by atoms with Crippen LogP contribution in [0.5, 0.6) is 0 Å². The highest BCUT2D eigenvalue weighted by molar-refractivity contribution is 6.33. The maximum Gasteiger partial charge on any atom is 0.331 e. The zero-order valence-electron chi connectivity index (χ0n) is 12.6. The third-order valence-electron chi connectivity index (χ3n) is 3.89. The van der Waals surface area contributed by atoms with Crippen LogP contribution >= 0.6 is 11.6 Å². The number of nitrogens with one attached hydrogen (secondary N) is 1. The van der Waals surface area contributed by atoms with Crippen LogP contribution < -0.4 is 16.6 Å². The highest BCUT2D eigenvalue weighted by Gasteiger charge is 2.23. The monoisotopic (exact) mass is 344 g/mol. The van der Waals surface area contributed by atoms with Crippen molar-refractivity contribution in [3.8, 4) is 6.07 Å². The van der Waals surface area contributed by atoms with Gasteiger partial charge in [0.1, 0.15) is 18.2 Å². The second-order valence-electron chi connectivity index (χ2n) is 5.39. The first-order chi connectivity index (χ1) is 11.5. The molecule has 1 N–H and O–H groups in total. The van der Waals surface area contributed by atoms with E-state index in [2.05, 4.69) is 5.32 Å². The molecule has 0 atom stereocenters. The fraction of sp³-hybridized carbons (Fsp3) is 0.250. The molecule has 1 amide bonds. The average molecular weight is 345 g/mol. The van der Waals surface area contributed by atoms with E-state index < -0.39 is 23.7 Å². The molecule has 8 heteroatoms. The Labute approximate surface area is 141 Å². The van der Waals surface area contributed by atoms with Gasteiger partial charge in [-0.1, -0.05) is 23.7 Å². The molecule has 3 rings (SSSR count). The number of nitriles is 1. The molecule has 0 fully saturated rings. The lowest BCUT2D eigenvalue weighted by Crippen LogP contribution is -2.44. The van der Waals surface area contributed by atoms with Crippen molar-refractivity contribution >= 4 is 23.2 Å². The van der Waals surface area contributed by atoms with Gasteiger partial charge in [0, 0.05) is 12.2 Å². The summed E-state index contributed by atoms with van der Waals surface area (Å²) in [7, 11) is 0. The molecule has 1 aliphatic rings. The minimum absolute atomic E-state index is 0.0716. The molecular weight excluding hydrogens is 332 g/mol. The number of benzene rings is 1. The maximum atomic E-state index is 12.4. The summed E-state index contributed by atoms with van der Waals surface area (Å²) < 4.78 is 2.18. The van der Waals surface area contributed by atoms with E-state index in [1.807, 2.05) is 6.07 Å². The fourth-order valence-electron chi connectivity index (χ4n) is 2.78. The van der Waals surface area contributed by atoms with Crippen LogP contribution in [0.25, 0.3) is 0 Å². The van der Waals surface area contributed by atoms with Crippen LogP contribution in [-0.4, -0.2) is 15.0 Å². The van der Waals surface area contributed by atoms with Crippen LogP contribution in [-0.2, 0) is 24.3 Å². The summed E-state index contributed by atoms with van der Waals surface area (Å²) in [6, 6.07) is 8.49. The first kappa shape index (κ1) is 16.0. The molecule has 1 aromatic heterocycles. The standard InChI is InChI=1S/C16H13ClN4O3/c17-11-4-1-2-5-12(11)19-14(22)9-21-15(23)10(8-18)13-6-3-7-20(13)16(21)24/h1-2,4-5H,3,6-7,9H2,(H,19,22). The number of fused-ring (bicyclic) bond motifs is 1. The fourth-order valence-corrected chi connectivity index (χ4v) is 2.97. The van der Waals surface area contributed by atoms with Crippen molar-refractivity contribution in [2.24, 2.45) is 0 Å². The molecule has 0 saturated carbocycles. The Morgan fingerprint density at radius 1 is 1.33 bits per heavy atom. The predicted molar refractivity (Wildman–Crippen MR) is 88.1 cm³/mol. The molecule has 0 unspecified atom stereocenters. The van der Waals surface area contributed by atoms with E-state index >= 15 is 0 Å². The molecule has 2 heterocycles. The molecule has 122 valence electrons. The van der Waals surface area contributed by atoms with Crippen LogP contribution in [0.4, 0.5) is 5.69 Å². The van der Waals surface area contributed by atoms with Gasteiger partial charge in [0.2, 0.25) is 5.91 Å². The van der Waals surface area contributed by atoms with Crippen molar-refractivity contribution < 1.29 is 4.79 Å². The molecule has 0 saturated heterocycles. The largest absolute Gasteiger partial charge is 0.331 e. The number of amides is 1. The molecule has 0 spiro atoms. The number of carbonyl (C=O) groups is 1. The van der Waals surface area contributed by atoms with Crippen molar-refractivity contribution in [3.05, 3.63) is 61.4 Å². The number of carbonyl (C=O) groups excluding carboxylic acids is 1. The minimum atomic E-state index is -0.732. The number of para-hydroxylation sites is 1. The third kappa shape index (κ3) is 2.72. The first-order valence-electron chi connectivity index (χ1n) is 7.34. The SMILES string of the molecule is N#Cc1c2n(c(=O)n(CC(=O)Nc3ccccc3Cl)c1=O)CCC2. The van der Waals surface area contributed by atoms with E-state index in [-0.39, 0.29) is 5.56 Å². The molecule has 0 aliphatic carbocycles. The lowest BCUT2D eigenvalue weighted by Gasteiger charge is -2.11. The van der Waals surface area contributed by atoms with Crippen molar-refractivity contribution in [2.75, 3.05) is 5.32 Å². The van der Waals surface area contributed by atoms with Gasteiger partial charge in [-0.15, -0.1) is 0 Å². The number of halogens is 1. The van der Waals surface area contributed by atoms with Crippen LogP contribution in [0.15, 0.2) is 33.9 Å². The van der Waals surface area contributed by atoms with Crippen LogP contribution in [0, 0.1) is 11.3 Å². The number of anilines is 1. The zero-order valence-corrected chi connectivity index (χ0v) is 13.3. The number of hydrogen-bond acceptors (Lipinski definition) is 4. The van der Waals surface area contributed by atoms with E-state index in [1.54, 1.807) is 24.3 Å². The topological polar surface area (TPSA) is 96.9 Å². The van der Waals surface area contributed by atoms with Crippen LogP contribution in [0.2, 0.25) is 5.02 Å².